The maximum absolute atomic E-state index is 14.4. The van der Waals surface area contributed by atoms with E-state index in [0.717, 1.165) is 44.9 Å². The molecule has 0 radical (unpaired) electrons. The highest BCUT2D eigenvalue weighted by atomic mass is 16.5. The van der Waals surface area contributed by atoms with Crippen LogP contribution in [0.25, 0.3) is 0 Å². The van der Waals surface area contributed by atoms with E-state index in [9.17, 15) is 4.79 Å². The number of carbonyl (C=O) groups is 1. The number of hydrogen-bond acceptors (Lipinski definition) is 3. The second kappa shape index (κ2) is 33.1. The van der Waals surface area contributed by atoms with Crippen molar-refractivity contribution < 1.29 is 14.3 Å². The van der Waals surface area contributed by atoms with Crippen molar-refractivity contribution in [2.24, 2.45) is 10.8 Å². The molecule has 1 amide bonds. The Morgan fingerprint density at radius 3 is 1.21 bits per heavy atom. The maximum Gasteiger partial charge on any atom is 0.228 e. The third kappa shape index (κ3) is 29.6. The molecule has 0 spiro atoms. The van der Waals surface area contributed by atoms with Gasteiger partial charge in [-0.1, -0.05) is 215 Å². The summed E-state index contributed by atoms with van der Waals surface area (Å²) in [6, 6.07) is 0.360. The molecule has 0 saturated carbocycles. The number of amides is 1. The van der Waals surface area contributed by atoms with Gasteiger partial charge in [0, 0.05) is 25.6 Å². The fraction of sp³-hybridized carbons (Fsp3) is 0.981. The van der Waals surface area contributed by atoms with E-state index >= 15 is 0 Å². The van der Waals surface area contributed by atoms with E-state index in [-0.39, 0.29) is 16.6 Å². The zero-order valence-corrected chi connectivity index (χ0v) is 40.8. The molecule has 4 nitrogen and oxygen atoms in total. The summed E-state index contributed by atoms with van der Waals surface area (Å²) < 4.78 is 12.1. The van der Waals surface area contributed by atoms with Gasteiger partial charge in [0.25, 0.3) is 0 Å². The van der Waals surface area contributed by atoms with Crippen LogP contribution in [0.2, 0.25) is 0 Å². The zero-order chi connectivity index (χ0) is 42.2. The van der Waals surface area contributed by atoms with E-state index in [1.165, 1.54) is 167 Å². The Kier molecular flexibility index (Phi) is 32.8. The summed E-state index contributed by atoms with van der Waals surface area (Å²) >= 11 is 0. The molecular weight excluding hydrogens is 687 g/mol. The first kappa shape index (κ1) is 55.4. The normalized spacial score (nSPS) is 13.8. The summed E-state index contributed by atoms with van der Waals surface area (Å²) in [4.78, 5) is 16.6. The Morgan fingerprint density at radius 1 is 0.518 bits per heavy atom. The van der Waals surface area contributed by atoms with Crippen LogP contribution in [0.1, 0.15) is 281 Å². The second-order valence-electron chi connectivity index (χ2n) is 20.7. The quantitative estimate of drug-likeness (QED) is 0.0579. The third-order valence-corrected chi connectivity index (χ3v) is 13.4. The summed E-state index contributed by atoms with van der Waals surface area (Å²) in [6.45, 7) is 23.2. The van der Waals surface area contributed by atoms with E-state index in [0.29, 0.717) is 18.6 Å². The molecule has 0 aromatic carbocycles. The van der Waals surface area contributed by atoms with Gasteiger partial charge in [-0.3, -0.25) is 4.79 Å². The molecule has 0 saturated heterocycles. The van der Waals surface area contributed by atoms with E-state index < -0.39 is 5.41 Å². The van der Waals surface area contributed by atoms with Crippen LogP contribution in [0.4, 0.5) is 0 Å². The molecule has 56 heavy (non-hydrogen) atoms. The van der Waals surface area contributed by atoms with Gasteiger partial charge in [-0.25, -0.2) is 0 Å². The van der Waals surface area contributed by atoms with Crippen LogP contribution in [0.3, 0.4) is 0 Å². The SMILES string of the molecule is CCCCCCCCCCCCCCCC(CCCCCCCCCCCCCCC)N(C)C(=O)C(C)(C)CC(C)(C)CCC(C)(CC)OCCC(C)(C)OC. The highest BCUT2D eigenvalue weighted by Gasteiger charge is 2.39. The van der Waals surface area contributed by atoms with Crippen molar-refractivity contribution in [1.82, 2.24) is 4.90 Å². The average molecular weight is 792 g/mol. The van der Waals surface area contributed by atoms with Gasteiger partial charge in [-0.2, -0.15) is 0 Å². The van der Waals surface area contributed by atoms with Crippen LogP contribution in [0, 0.1) is 10.8 Å². The predicted molar refractivity (Wildman–Crippen MR) is 249 cm³/mol. The van der Waals surface area contributed by atoms with Crippen molar-refractivity contribution in [1.29, 1.82) is 0 Å². The molecule has 0 fully saturated rings. The monoisotopic (exact) mass is 792 g/mol. The van der Waals surface area contributed by atoms with E-state index in [2.05, 4.69) is 81.2 Å². The largest absolute Gasteiger partial charge is 0.379 e. The molecule has 0 aliphatic carbocycles. The first-order valence-corrected chi connectivity index (χ1v) is 25.0. The molecule has 0 rings (SSSR count). The number of rotatable bonds is 41. The lowest BCUT2D eigenvalue weighted by molar-refractivity contribution is -0.143. The van der Waals surface area contributed by atoms with Gasteiger partial charge >= 0.3 is 0 Å². The molecule has 0 aliphatic heterocycles. The minimum atomic E-state index is -0.394. The summed E-state index contributed by atoms with van der Waals surface area (Å²) in [6.07, 6.45) is 43.1. The number of unbranched alkanes of at least 4 members (excludes halogenated alkanes) is 24. The minimum Gasteiger partial charge on any atom is -0.379 e. The Labute approximate surface area is 353 Å². The summed E-state index contributed by atoms with van der Waals surface area (Å²) in [7, 11) is 3.92. The first-order valence-electron chi connectivity index (χ1n) is 25.0. The first-order chi connectivity index (χ1) is 26.6. The van der Waals surface area contributed by atoms with Gasteiger partial charge in [-0.15, -0.1) is 0 Å². The molecular formula is C52H105NO3. The fourth-order valence-corrected chi connectivity index (χ4v) is 8.93. The van der Waals surface area contributed by atoms with Crippen molar-refractivity contribution in [3.63, 3.8) is 0 Å². The predicted octanol–water partition coefficient (Wildman–Crippen LogP) is 17.0. The standard InChI is InChI=1S/C52H105NO3/c1-13-16-18-20-22-24-26-28-30-32-34-36-38-40-47(41-39-37-35-33-31-29-27-25-23-21-19-17-14-2)53(11)48(54)50(6,7)46-49(4,5)42-43-52(10,15-3)56-45-44-51(8,9)55-12/h47H,13-46H2,1-12H3. The molecule has 1 atom stereocenters. The van der Waals surface area contributed by atoms with Gasteiger partial charge < -0.3 is 14.4 Å². The zero-order valence-electron chi connectivity index (χ0n) is 40.8. The molecule has 0 aromatic heterocycles. The van der Waals surface area contributed by atoms with Crippen LogP contribution in [-0.4, -0.2) is 48.8 Å². The minimum absolute atomic E-state index is 0.0468. The molecule has 0 N–H and O–H groups in total. The van der Waals surface area contributed by atoms with E-state index in [4.69, 9.17) is 9.47 Å². The number of methoxy groups -OCH3 is 1. The van der Waals surface area contributed by atoms with Crippen LogP contribution in [0.15, 0.2) is 0 Å². The topological polar surface area (TPSA) is 38.8 Å². The second-order valence-corrected chi connectivity index (χ2v) is 20.7. The Balaban J connectivity index is 5.04. The van der Waals surface area contributed by atoms with Crippen molar-refractivity contribution in [3.05, 3.63) is 0 Å². The highest BCUT2D eigenvalue weighted by Crippen LogP contribution is 2.41. The Morgan fingerprint density at radius 2 is 0.875 bits per heavy atom. The van der Waals surface area contributed by atoms with Crippen LogP contribution < -0.4 is 0 Å². The molecule has 0 heterocycles. The van der Waals surface area contributed by atoms with Gasteiger partial charge in [0.2, 0.25) is 5.91 Å². The lowest BCUT2D eigenvalue weighted by Gasteiger charge is -2.40. The number of hydrogen-bond donors (Lipinski definition) is 0. The number of carbonyl (C=O) groups excluding carboxylic acids is 1. The third-order valence-electron chi connectivity index (χ3n) is 13.4. The van der Waals surface area contributed by atoms with Gasteiger partial charge in [0.15, 0.2) is 0 Å². The van der Waals surface area contributed by atoms with E-state index in [1.54, 1.807) is 7.11 Å². The Hall–Kier alpha value is -0.610. The lowest BCUT2D eigenvalue weighted by Crippen LogP contribution is -2.46. The molecule has 4 heteroatoms. The van der Waals surface area contributed by atoms with E-state index in [1.807, 2.05) is 0 Å². The molecule has 0 aliphatic rings. The van der Waals surface area contributed by atoms with Crippen molar-refractivity contribution in [2.45, 2.75) is 298 Å². The molecule has 1 unspecified atom stereocenters. The van der Waals surface area contributed by atoms with Crippen LogP contribution in [0.5, 0.6) is 0 Å². The smallest absolute Gasteiger partial charge is 0.228 e. The van der Waals surface area contributed by atoms with Gasteiger partial charge in [-0.05, 0) is 71.1 Å². The van der Waals surface area contributed by atoms with Crippen LogP contribution in [-0.2, 0) is 14.3 Å². The number of nitrogens with zero attached hydrogens (tertiary/aromatic N) is 1. The molecule has 336 valence electrons. The van der Waals surface area contributed by atoms with Crippen LogP contribution >= 0.6 is 0 Å². The van der Waals surface area contributed by atoms with Crippen molar-refractivity contribution in [2.75, 3.05) is 20.8 Å². The number of ether oxygens (including phenoxy) is 2. The van der Waals surface area contributed by atoms with Crippen molar-refractivity contribution in [3.8, 4) is 0 Å². The summed E-state index contributed by atoms with van der Waals surface area (Å²) in [5.41, 5.74) is -0.667. The average Bonchev–Trinajstić information content (AvgIpc) is 3.15. The molecule has 0 aromatic rings. The lowest BCUT2D eigenvalue weighted by atomic mass is 9.70. The highest BCUT2D eigenvalue weighted by molar-refractivity contribution is 5.82. The summed E-state index contributed by atoms with van der Waals surface area (Å²) in [5, 5.41) is 0. The maximum atomic E-state index is 14.4. The van der Waals surface area contributed by atoms with Gasteiger partial charge in [0.05, 0.1) is 17.8 Å². The van der Waals surface area contributed by atoms with Gasteiger partial charge in [0.1, 0.15) is 0 Å². The van der Waals surface area contributed by atoms with Crippen molar-refractivity contribution >= 4 is 5.91 Å². The molecule has 0 bridgehead atoms. The fourth-order valence-electron chi connectivity index (χ4n) is 8.93. The summed E-state index contributed by atoms with van der Waals surface area (Å²) in [5.74, 6) is 0.344. The Bertz CT molecular complexity index is 867.